The summed E-state index contributed by atoms with van der Waals surface area (Å²) >= 11 is 5.53. The van der Waals surface area contributed by atoms with Crippen molar-refractivity contribution in [2.24, 2.45) is 0 Å². The summed E-state index contributed by atoms with van der Waals surface area (Å²) < 4.78 is 4.58. The fourth-order valence-electron chi connectivity index (χ4n) is 1.07. The number of esters is 1. The first-order valence-electron chi connectivity index (χ1n) is 6.16. The molecule has 0 spiro atoms. The molecule has 1 aromatic carbocycles. The summed E-state index contributed by atoms with van der Waals surface area (Å²) in [5, 5.41) is 2.40. The summed E-state index contributed by atoms with van der Waals surface area (Å²) in [6.07, 6.45) is 0.388. The highest BCUT2D eigenvalue weighted by molar-refractivity contribution is 6.17. The van der Waals surface area contributed by atoms with E-state index in [2.05, 4.69) is 10.1 Å². The van der Waals surface area contributed by atoms with Crippen LogP contribution in [0.3, 0.4) is 0 Å². The van der Waals surface area contributed by atoms with Crippen LogP contribution in [0, 0.1) is 0 Å². The third kappa shape index (κ3) is 10.1. The Morgan fingerprint density at radius 3 is 2.26 bits per heavy atom. The first-order chi connectivity index (χ1) is 9.13. The lowest BCUT2D eigenvalue weighted by atomic mass is 10.2. The fourth-order valence-corrected chi connectivity index (χ4v) is 1.25. The van der Waals surface area contributed by atoms with Gasteiger partial charge in [-0.05, 0) is 12.5 Å². The number of nitrogens with one attached hydrogen (secondary N) is 1. The Labute approximate surface area is 119 Å². The summed E-state index contributed by atoms with van der Waals surface area (Å²) in [5.41, 5.74) is 1.18. The zero-order valence-electron chi connectivity index (χ0n) is 11.3. The molecular weight excluding hydrogens is 266 g/mol. The maximum Gasteiger partial charge on any atom is 0.325 e. The van der Waals surface area contributed by atoms with Gasteiger partial charge in [-0.3, -0.25) is 9.59 Å². The highest BCUT2D eigenvalue weighted by Crippen LogP contribution is 2.00. The molecule has 0 saturated carbocycles. The van der Waals surface area contributed by atoms with E-state index < -0.39 is 5.97 Å². The molecule has 0 fully saturated rings. The second kappa shape index (κ2) is 11.5. The van der Waals surface area contributed by atoms with Crippen LogP contribution in [0.2, 0.25) is 0 Å². The highest BCUT2D eigenvalue weighted by Gasteiger charge is 2.02. The van der Waals surface area contributed by atoms with Crippen molar-refractivity contribution in [1.29, 1.82) is 0 Å². The van der Waals surface area contributed by atoms with Crippen molar-refractivity contribution in [3.8, 4) is 0 Å². The van der Waals surface area contributed by atoms with E-state index in [-0.39, 0.29) is 12.5 Å². The lowest BCUT2D eigenvalue weighted by Crippen LogP contribution is -2.29. The van der Waals surface area contributed by atoms with E-state index in [0.717, 1.165) is 0 Å². The zero-order valence-corrected chi connectivity index (χ0v) is 12.1. The number of hydrogen-bond acceptors (Lipinski definition) is 3. The monoisotopic (exact) mass is 285 g/mol. The van der Waals surface area contributed by atoms with Gasteiger partial charge in [0.2, 0.25) is 5.91 Å². The Bertz CT molecular complexity index is 368. The van der Waals surface area contributed by atoms with Gasteiger partial charge in [-0.25, -0.2) is 0 Å². The SMILES string of the molecule is CCOC(=O)CNC(=O)CC.ClCc1ccccc1. The van der Waals surface area contributed by atoms with Gasteiger partial charge in [0, 0.05) is 12.3 Å². The van der Waals surface area contributed by atoms with E-state index in [1.807, 2.05) is 30.3 Å². The number of alkyl halides is 1. The van der Waals surface area contributed by atoms with Crippen LogP contribution in [0.5, 0.6) is 0 Å². The summed E-state index contributed by atoms with van der Waals surface area (Å²) in [4.78, 5) is 21.2. The van der Waals surface area contributed by atoms with Gasteiger partial charge in [-0.2, -0.15) is 0 Å². The second-order valence-corrected chi connectivity index (χ2v) is 3.82. The summed E-state index contributed by atoms with van der Waals surface area (Å²) in [7, 11) is 0. The van der Waals surface area contributed by atoms with Crippen LogP contribution in [0.25, 0.3) is 0 Å². The number of benzene rings is 1. The smallest absolute Gasteiger partial charge is 0.325 e. The molecule has 0 aliphatic carbocycles. The molecule has 0 atom stereocenters. The molecule has 4 nitrogen and oxygen atoms in total. The normalized spacial score (nSPS) is 9.00. The molecule has 0 radical (unpaired) electrons. The number of halogens is 1. The van der Waals surface area contributed by atoms with Gasteiger partial charge in [-0.15, -0.1) is 11.6 Å². The lowest BCUT2D eigenvalue weighted by Gasteiger charge is -2.02. The van der Waals surface area contributed by atoms with Crippen molar-refractivity contribution in [2.75, 3.05) is 13.2 Å². The Balaban J connectivity index is 0.000000356. The first-order valence-corrected chi connectivity index (χ1v) is 6.69. The van der Waals surface area contributed by atoms with Gasteiger partial charge in [0.1, 0.15) is 6.54 Å². The van der Waals surface area contributed by atoms with Crippen molar-refractivity contribution in [2.45, 2.75) is 26.1 Å². The average Bonchev–Trinajstić information content (AvgIpc) is 2.46. The van der Waals surface area contributed by atoms with Gasteiger partial charge < -0.3 is 10.1 Å². The predicted molar refractivity (Wildman–Crippen MR) is 75.9 cm³/mol. The zero-order chi connectivity index (χ0) is 14.5. The largest absolute Gasteiger partial charge is 0.465 e. The van der Waals surface area contributed by atoms with Crippen molar-refractivity contribution in [3.05, 3.63) is 35.9 Å². The molecule has 0 saturated heterocycles. The standard InChI is InChI=1S/C7H7Cl.C7H13NO3/c8-6-7-4-2-1-3-5-7;1-3-6(9)8-5-7(10)11-4-2/h1-5H,6H2;3-5H2,1-2H3,(H,8,9). The van der Waals surface area contributed by atoms with E-state index in [1.54, 1.807) is 13.8 Å². The topological polar surface area (TPSA) is 55.4 Å². The van der Waals surface area contributed by atoms with E-state index in [0.29, 0.717) is 18.9 Å². The highest BCUT2D eigenvalue weighted by atomic mass is 35.5. The molecule has 1 N–H and O–H groups in total. The van der Waals surface area contributed by atoms with Gasteiger partial charge >= 0.3 is 5.97 Å². The molecule has 0 aliphatic rings. The third-order valence-electron chi connectivity index (χ3n) is 2.05. The first kappa shape index (κ1) is 17.4. The Hall–Kier alpha value is -1.55. The maximum atomic E-state index is 10.6. The molecular formula is C14H20ClNO3. The average molecular weight is 286 g/mol. The number of carbonyl (C=O) groups excluding carboxylic acids is 2. The number of ether oxygens (including phenoxy) is 1. The molecule has 1 amide bonds. The van der Waals surface area contributed by atoms with E-state index in [9.17, 15) is 9.59 Å². The molecule has 0 bridgehead atoms. The van der Waals surface area contributed by atoms with Crippen molar-refractivity contribution in [1.82, 2.24) is 5.32 Å². The van der Waals surface area contributed by atoms with Gasteiger partial charge in [-0.1, -0.05) is 37.3 Å². The van der Waals surface area contributed by atoms with Crippen LogP contribution in [0.1, 0.15) is 25.8 Å². The van der Waals surface area contributed by atoms with Gasteiger partial charge in [0.25, 0.3) is 0 Å². The molecule has 0 unspecified atom stereocenters. The number of rotatable bonds is 5. The third-order valence-corrected chi connectivity index (χ3v) is 2.36. The fraction of sp³-hybridized carbons (Fsp3) is 0.429. The van der Waals surface area contributed by atoms with Crippen LogP contribution in [0.4, 0.5) is 0 Å². The van der Waals surface area contributed by atoms with Crippen LogP contribution < -0.4 is 5.32 Å². The van der Waals surface area contributed by atoms with Crippen LogP contribution in [0.15, 0.2) is 30.3 Å². The Morgan fingerprint density at radius 2 is 1.84 bits per heavy atom. The summed E-state index contributed by atoms with van der Waals surface area (Å²) in [5.74, 6) is 0.0771. The molecule has 106 valence electrons. The minimum Gasteiger partial charge on any atom is -0.465 e. The number of amides is 1. The minimum absolute atomic E-state index is 0.0273. The van der Waals surface area contributed by atoms with E-state index in [1.165, 1.54) is 5.56 Å². The molecule has 1 rings (SSSR count). The molecule has 1 aromatic rings. The summed E-state index contributed by atoms with van der Waals surface area (Å²) in [6, 6.07) is 9.96. The van der Waals surface area contributed by atoms with Gasteiger partial charge in [0.05, 0.1) is 6.61 Å². The maximum absolute atomic E-state index is 10.6. The molecule has 0 aliphatic heterocycles. The van der Waals surface area contributed by atoms with Crippen molar-refractivity contribution >= 4 is 23.5 Å². The quantitative estimate of drug-likeness (QED) is 0.668. The minimum atomic E-state index is -0.394. The molecule has 5 heteroatoms. The Morgan fingerprint density at radius 1 is 1.21 bits per heavy atom. The summed E-state index contributed by atoms with van der Waals surface area (Å²) in [6.45, 7) is 3.77. The van der Waals surface area contributed by atoms with Crippen molar-refractivity contribution < 1.29 is 14.3 Å². The van der Waals surface area contributed by atoms with E-state index in [4.69, 9.17) is 11.6 Å². The number of hydrogen-bond donors (Lipinski definition) is 1. The Kier molecular flexibility index (Phi) is 10.6. The lowest BCUT2D eigenvalue weighted by molar-refractivity contribution is -0.143. The van der Waals surface area contributed by atoms with Crippen LogP contribution in [-0.4, -0.2) is 25.0 Å². The molecule has 0 aromatic heterocycles. The van der Waals surface area contributed by atoms with Crippen LogP contribution in [-0.2, 0) is 20.2 Å². The molecule has 0 heterocycles. The second-order valence-electron chi connectivity index (χ2n) is 3.55. The van der Waals surface area contributed by atoms with E-state index >= 15 is 0 Å². The predicted octanol–water partition coefficient (Wildman–Crippen LogP) is 2.50. The number of carbonyl (C=O) groups is 2. The molecule has 19 heavy (non-hydrogen) atoms. The van der Waals surface area contributed by atoms with Gasteiger partial charge in [0.15, 0.2) is 0 Å². The van der Waals surface area contributed by atoms with Crippen molar-refractivity contribution in [3.63, 3.8) is 0 Å². The van der Waals surface area contributed by atoms with Crippen LogP contribution >= 0.6 is 11.6 Å².